The summed E-state index contributed by atoms with van der Waals surface area (Å²) >= 11 is 5.77. The van der Waals surface area contributed by atoms with Crippen LogP contribution in [-0.4, -0.2) is 42.3 Å². The second-order valence-electron chi connectivity index (χ2n) is 8.01. The van der Waals surface area contributed by atoms with Gasteiger partial charge in [0.05, 0.1) is 17.7 Å². The molecule has 0 saturated carbocycles. The van der Waals surface area contributed by atoms with Gasteiger partial charge in [0.15, 0.2) is 5.41 Å². The molecule has 1 amide bonds. The number of amides is 1. The van der Waals surface area contributed by atoms with Crippen molar-refractivity contribution in [1.29, 1.82) is 5.26 Å². The summed E-state index contributed by atoms with van der Waals surface area (Å²) in [4.78, 5) is 26.8. The van der Waals surface area contributed by atoms with Crippen LogP contribution in [0.2, 0.25) is 5.02 Å². The molecule has 1 aliphatic heterocycles. The molecule has 0 aliphatic carbocycles. The van der Waals surface area contributed by atoms with Gasteiger partial charge in [-0.15, -0.1) is 0 Å². The molecule has 8 heteroatoms. The number of halogens is 2. The third-order valence-electron chi connectivity index (χ3n) is 4.91. The zero-order valence-electron chi connectivity index (χ0n) is 17.1. The van der Waals surface area contributed by atoms with Gasteiger partial charge in [0.1, 0.15) is 11.4 Å². The van der Waals surface area contributed by atoms with E-state index in [0.717, 1.165) is 6.07 Å². The molecule has 1 aromatic rings. The third kappa shape index (κ3) is 4.99. The average molecular weight is 425 g/mol. The maximum atomic E-state index is 14.1. The highest BCUT2D eigenvalue weighted by molar-refractivity contribution is 6.30. The van der Waals surface area contributed by atoms with Gasteiger partial charge in [-0.1, -0.05) is 17.7 Å². The second kappa shape index (κ2) is 9.00. The van der Waals surface area contributed by atoms with E-state index >= 15 is 0 Å². The maximum Gasteiger partial charge on any atom is 0.410 e. The van der Waals surface area contributed by atoms with E-state index in [1.807, 2.05) is 0 Å². The lowest BCUT2D eigenvalue weighted by molar-refractivity contribution is -0.150. The van der Waals surface area contributed by atoms with Crippen LogP contribution in [0.5, 0.6) is 0 Å². The van der Waals surface area contributed by atoms with Gasteiger partial charge in [0, 0.05) is 13.1 Å². The molecule has 0 bridgehead atoms. The van der Waals surface area contributed by atoms with Crippen LogP contribution < -0.4 is 0 Å². The highest BCUT2D eigenvalue weighted by atomic mass is 35.5. The molecule has 0 N–H and O–H groups in total. The lowest BCUT2D eigenvalue weighted by Crippen LogP contribution is -2.50. The molecule has 2 rings (SSSR count). The van der Waals surface area contributed by atoms with Gasteiger partial charge in [0.2, 0.25) is 0 Å². The minimum atomic E-state index is -1.68. The van der Waals surface area contributed by atoms with Crippen LogP contribution in [0.3, 0.4) is 0 Å². The number of carbonyl (C=O) groups is 2. The number of benzene rings is 1. The van der Waals surface area contributed by atoms with E-state index < -0.39 is 34.8 Å². The molecule has 158 valence electrons. The molecule has 1 saturated heterocycles. The minimum Gasteiger partial charge on any atom is -0.465 e. The Kier molecular flexibility index (Phi) is 7.12. The molecule has 6 nitrogen and oxygen atoms in total. The lowest BCUT2D eigenvalue weighted by Gasteiger charge is -2.39. The number of carbonyl (C=O) groups excluding carboxylic acids is 2. The van der Waals surface area contributed by atoms with E-state index in [4.69, 9.17) is 21.1 Å². The Balaban J connectivity index is 2.32. The summed E-state index contributed by atoms with van der Waals surface area (Å²) in [6, 6.07) is 6.01. The number of esters is 1. The van der Waals surface area contributed by atoms with Crippen LogP contribution in [0.4, 0.5) is 9.18 Å². The number of hydrogen-bond acceptors (Lipinski definition) is 5. The Morgan fingerprint density at radius 1 is 1.31 bits per heavy atom. The predicted molar refractivity (Wildman–Crippen MR) is 106 cm³/mol. The van der Waals surface area contributed by atoms with E-state index in [1.165, 1.54) is 12.1 Å². The highest BCUT2D eigenvalue weighted by Crippen LogP contribution is 2.40. The number of piperidine rings is 1. The zero-order valence-corrected chi connectivity index (χ0v) is 17.9. The first-order valence-corrected chi connectivity index (χ1v) is 9.95. The fourth-order valence-corrected chi connectivity index (χ4v) is 3.65. The topological polar surface area (TPSA) is 79.6 Å². The summed E-state index contributed by atoms with van der Waals surface area (Å²) < 4.78 is 24.7. The number of nitriles is 1. The molecular formula is C21H26ClFN2O4. The molecule has 1 aromatic carbocycles. The van der Waals surface area contributed by atoms with Crippen molar-refractivity contribution in [2.45, 2.75) is 51.6 Å². The van der Waals surface area contributed by atoms with Gasteiger partial charge in [0.25, 0.3) is 0 Å². The van der Waals surface area contributed by atoms with E-state index in [0.29, 0.717) is 25.9 Å². The van der Waals surface area contributed by atoms with Crippen LogP contribution in [0.25, 0.3) is 0 Å². The number of hydrogen-bond donors (Lipinski definition) is 0. The normalized spacial score (nSPS) is 17.2. The monoisotopic (exact) mass is 424 g/mol. The van der Waals surface area contributed by atoms with Crippen molar-refractivity contribution in [3.63, 3.8) is 0 Å². The molecule has 0 spiro atoms. The van der Waals surface area contributed by atoms with E-state index in [2.05, 4.69) is 6.07 Å². The molecule has 1 unspecified atom stereocenters. The van der Waals surface area contributed by atoms with Gasteiger partial charge < -0.3 is 14.4 Å². The van der Waals surface area contributed by atoms with Crippen LogP contribution in [-0.2, 0) is 19.7 Å². The molecule has 1 aliphatic rings. The van der Waals surface area contributed by atoms with Gasteiger partial charge in [-0.05, 0) is 64.2 Å². The van der Waals surface area contributed by atoms with E-state index in [-0.39, 0.29) is 17.2 Å². The summed E-state index contributed by atoms with van der Waals surface area (Å²) in [6.07, 6.45) is 0.304. The summed E-state index contributed by atoms with van der Waals surface area (Å²) in [5.41, 5.74) is -2.09. The molecular weight excluding hydrogens is 399 g/mol. The first kappa shape index (κ1) is 23.0. The van der Waals surface area contributed by atoms with Crippen LogP contribution in [0, 0.1) is 23.1 Å². The Morgan fingerprint density at radius 3 is 2.41 bits per heavy atom. The predicted octanol–water partition coefficient (Wildman–Crippen LogP) is 4.45. The van der Waals surface area contributed by atoms with E-state index in [9.17, 15) is 19.2 Å². The fourth-order valence-electron chi connectivity index (χ4n) is 3.53. The van der Waals surface area contributed by atoms with Gasteiger partial charge in [-0.2, -0.15) is 5.26 Å². The average Bonchev–Trinajstić information content (AvgIpc) is 2.65. The molecule has 0 radical (unpaired) electrons. The van der Waals surface area contributed by atoms with Crippen molar-refractivity contribution < 1.29 is 23.5 Å². The molecule has 1 fully saturated rings. The molecule has 29 heavy (non-hydrogen) atoms. The quantitative estimate of drug-likeness (QED) is 0.667. The molecule has 1 heterocycles. The first-order valence-electron chi connectivity index (χ1n) is 9.57. The van der Waals surface area contributed by atoms with Crippen molar-refractivity contribution in [3.8, 4) is 6.07 Å². The SMILES string of the molecule is CCOC(=O)C(C#N)(c1ccc(Cl)c(F)c1)C1CCN(C(=O)OC(C)(C)C)CC1. The smallest absolute Gasteiger partial charge is 0.410 e. The molecule has 1 atom stereocenters. The highest BCUT2D eigenvalue weighted by Gasteiger charge is 2.50. The summed E-state index contributed by atoms with van der Waals surface area (Å²) in [5, 5.41) is 9.96. The Hall–Kier alpha value is -2.33. The number of nitrogens with zero attached hydrogens (tertiary/aromatic N) is 2. The fraction of sp³-hybridized carbons (Fsp3) is 0.571. The van der Waals surface area contributed by atoms with Crippen LogP contribution in [0.15, 0.2) is 18.2 Å². The van der Waals surface area contributed by atoms with E-state index in [1.54, 1.807) is 32.6 Å². The van der Waals surface area contributed by atoms with Crippen molar-refractivity contribution in [2.24, 2.45) is 5.92 Å². The Bertz CT molecular complexity index is 810. The molecule has 0 aromatic heterocycles. The van der Waals surface area contributed by atoms with Crippen molar-refractivity contribution in [2.75, 3.05) is 19.7 Å². The van der Waals surface area contributed by atoms with Gasteiger partial charge >= 0.3 is 12.1 Å². The van der Waals surface area contributed by atoms with Crippen LogP contribution >= 0.6 is 11.6 Å². The Morgan fingerprint density at radius 2 is 1.93 bits per heavy atom. The van der Waals surface area contributed by atoms with Crippen molar-refractivity contribution in [1.82, 2.24) is 4.90 Å². The van der Waals surface area contributed by atoms with Crippen molar-refractivity contribution >= 4 is 23.7 Å². The second-order valence-corrected chi connectivity index (χ2v) is 8.42. The number of rotatable bonds is 4. The number of ether oxygens (including phenoxy) is 2. The number of likely N-dealkylation sites (tertiary alicyclic amines) is 1. The van der Waals surface area contributed by atoms with Gasteiger partial charge in [-0.3, -0.25) is 0 Å². The summed E-state index contributed by atoms with van der Waals surface area (Å²) in [7, 11) is 0. The largest absolute Gasteiger partial charge is 0.465 e. The Labute approximate surface area is 175 Å². The summed E-state index contributed by atoms with van der Waals surface area (Å²) in [6.45, 7) is 7.73. The van der Waals surface area contributed by atoms with Crippen LogP contribution in [0.1, 0.15) is 46.1 Å². The zero-order chi connectivity index (χ0) is 21.8. The minimum absolute atomic E-state index is 0.0923. The maximum absolute atomic E-state index is 14.1. The third-order valence-corrected chi connectivity index (χ3v) is 5.21. The summed E-state index contributed by atoms with van der Waals surface area (Å²) in [5.74, 6) is -1.88. The lowest BCUT2D eigenvalue weighted by atomic mass is 9.67. The van der Waals surface area contributed by atoms with Crippen molar-refractivity contribution in [3.05, 3.63) is 34.6 Å². The standard InChI is InChI=1S/C21H26ClFN2O4/c1-5-28-18(26)21(13-24,15-6-7-16(22)17(23)12-15)14-8-10-25(11-9-14)19(27)29-20(2,3)4/h6-7,12,14H,5,8-11H2,1-4H3. The first-order chi connectivity index (χ1) is 13.5. The van der Waals surface area contributed by atoms with Gasteiger partial charge in [-0.25, -0.2) is 14.0 Å².